The molecule has 2 aromatic rings. The fourth-order valence-corrected chi connectivity index (χ4v) is 3.94. The van der Waals surface area contributed by atoms with Gasteiger partial charge in [0.05, 0.1) is 17.8 Å². The van der Waals surface area contributed by atoms with E-state index >= 15 is 0 Å². The van der Waals surface area contributed by atoms with Gasteiger partial charge in [0.2, 0.25) is 0 Å². The standard InChI is InChI=1S/C18H26N4O/c1-20(2)9-10-23-16-3-4-17-15(11-16)12-19-22(17)18-13-21-7-5-14(18)6-8-21/h3-4,11-12,14,18H,5-10,13H2,1-2H3/t18-/m1/s1. The highest BCUT2D eigenvalue weighted by Crippen LogP contribution is 2.37. The minimum atomic E-state index is 0.538. The molecule has 1 aromatic carbocycles. The lowest BCUT2D eigenvalue weighted by molar-refractivity contribution is 0.0534. The summed E-state index contributed by atoms with van der Waals surface area (Å²) in [6, 6.07) is 6.91. The summed E-state index contributed by atoms with van der Waals surface area (Å²) in [5.41, 5.74) is 1.24. The quantitative estimate of drug-likeness (QED) is 0.847. The zero-order valence-corrected chi connectivity index (χ0v) is 14.1. The smallest absolute Gasteiger partial charge is 0.120 e. The lowest BCUT2D eigenvalue weighted by atomic mass is 9.84. The fraction of sp³-hybridized carbons (Fsp3) is 0.611. The van der Waals surface area contributed by atoms with Gasteiger partial charge in [0, 0.05) is 18.5 Å². The van der Waals surface area contributed by atoms with Crippen LogP contribution in [0.3, 0.4) is 0 Å². The Hall–Kier alpha value is -1.59. The SMILES string of the molecule is CN(C)CCOc1ccc2c(cnn2[C@@H]2CN3CCC2CC3)c1. The third-order valence-corrected chi connectivity index (χ3v) is 5.31. The van der Waals surface area contributed by atoms with Crippen molar-refractivity contribution in [3.8, 4) is 5.75 Å². The van der Waals surface area contributed by atoms with Crippen LogP contribution in [0.2, 0.25) is 0 Å². The Balaban J connectivity index is 1.53. The van der Waals surface area contributed by atoms with Gasteiger partial charge in [0.1, 0.15) is 12.4 Å². The summed E-state index contributed by atoms with van der Waals surface area (Å²) in [6.07, 6.45) is 4.63. The highest BCUT2D eigenvalue weighted by atomic mass is 16.5. The van der Waals surface area contributed by atoms with Crippen molar-refractivity contribution in [1.29, 1.82) is 0 Å². The van der Waals surface area contributed by atoms with Gasteiger partial charge in [-0.25, -0.2) is 0 Å². The maximum atomic E-state index is 5.84. The molecule has 0 amide bonds. The van der Waals surface area contributed by atoms with Gasteiger partial charge >= 0.3 is 0 Å². The van der Waals surface area contributed by atoms with Gasteiger partial charge in [0.15, 0.2) is 0 Å². The number of benzene rings is 1. The molecule has 5 nitrogen and oxygen atoms in total. The summed E-state index contributed by atoms with van der Waals surface area (Å²) in [5.74, 6) is 1.73. The minimum absolute atomic E-state index is 0.538. The number of hydrogen-bond acceptors (Lipinski definition) is 4. The second-order valence-corrected chi connectivity index (χ2v) is 7.17. The maximum absolute atomic E-state index is 5.84. The molecule has 3 aliphatic rings. The Bertz CT molecular complexity index is 673. The molecule has 5 heteroatoms. The molecule has 2 bridgehead atoms. The molecule has 3 fully saturated rings. The zero-order valence-electron chi connectivity index (χ0n) is 14.1. The number of piperidine rings is 3. The van der Waals surface area contributed by atoms with Crippen LogP contribution in [0, 0.1) is 5.92 Å². The first-order chi connectivity index (χ1) is 11.2. The van der Waals surface area contributed by atoms with E-state index in [1.807, 2.05) is 6.20 Å². The Morgan fingerprint density at radius 3 is 2.78 bits per heavy atom. The van der Waals surface area contributed by atoms with Crippen molar-refractivity contribution in [3.05, 3.63) is 24.4 Å². The summed E-state index contributed by atoms with van der Waals surface area (Å²) in [5, 5.41) is 5.90. The number of ether oxygens (including phenoxy) is 1. The molecule has 3 saturated heterocycles. The average Bonchev–Trinajstić information content (AvgIpc) is 2.98. The molecular formula is C18H26N4O. The van der Waals surface area contributed by atoms with Crippen LogP contribution in [0.1, 0.15) is 18.9 Å². The van der Waals surface area contributed by atoms with Crippen molar-refractivity contribution in [2.45, 2.75) is 18.9 Å². The average molecular weight is 314 g/mol. The van der Waals surface area contributed by atoms with E-state index in [1.165, 1.54) is 36.8 Å². The Morgan fingerprint density at radius 2 is 2.09 bits per heavy atom. The van der Waals surface area contributed by atoms with Crippen molar-refractivity contribution in [3.63, 3.8) is 0 Å². The number of hydrogen-bond donors (Lipinski definition) is 0. The largest absolute Gasteiger partial charge is 0.492 e. The summed E-state index contributed by atoms with van der Waals surface area (Å²) in [7, 11) is 4.12. The van der Waals surface area contributed by atoms with E-state index in [0.717, 1.165) is 24.8 Å². The summed E-state index contributed by atoms with van der Waals surface area (Å²) < 4.78 is 8.10. The van der Waals surface area contributed by atoms with Crippen LogP contribution in [0.25, 0.3) is 10.9 Å². The molecule has 5 rings (SSSR count). The van der Waals surface area contributed by atoms with Gasteiger partial charge in [-0.15, -0.1) is 0 Å². The Kier molecular flexibility index (Phi) is 3.99. The molecule has 124 valence electrons. The second-order valence-electron chi connectivity index (χ2n) is 7.17. The van der Waals surface area contributed by atoms with Crippen molar-refractivity contribution in [2.75, 3.05) is 46.9 Å². The predicted octanol–water partition coefficient (Wildman–Crippen LogP) is 2.24. The van der Waals surface area contributed by atoms with Crippen LogP contribution in [0.15, 0.2) is 24.4 Å². The van der Waals surface area contributed by atoms with Crippen LogP contribution in [-0.2, 0) is 0 Å². The van der Waals surface area contributed by atoms with Crippen LogP contribution in [-0.4, -0.2) is 66.5 Å². The first kappa shape index (κ1) is 15.0. The minimum Gasteiger partial charge on any atom is -0.492 e. The highest BCUT2D eigenvalue weighted by molar-refractivity contribution is 5.80. The predicted molar refractivity (Wildman–Crippen MR) is 92.0 cm³/mol. The van der Waals surface area contributed by atoms with E-state index in [-0.39, 0.29) is 0 Å². The van der Waals surface area contributed by atoms with E-state index in [0.29, 0.717) is 12.6 Å². The Labute approximate surface area is 137 Å². The van der Waals surface area contributed by atoms with Crippen molar-refractivity contribution < 1.29 is 4.74 Å². The highest BCUT2D eigenvalue weighted by Gasteiger charge is 2.36. The molecule has 0 radical (unpaired) electrons. The van der Waals surface area contributed by atoms with Crippen molar-refractivity contribution in [2.24, 2.45) is 5.92 Å². The molecular weight excluding hydrogens is 288 g/mol. The molecule has 4 heterocycles. The molecule has 1 aromatic heterocycles. The van der Waals surface area contributed by atoms with E-state index in [9.17, 15) is 0 Å². The van der Waals surface area contributed by atoms with E-state index in [2.05, 4.69) is 46.8 Å². The Morgan fingerprint density at radius 1 is 1.26 bits per heavy atom. The van der Waals surface area contributed by atoms with Gasteiger partial charge in [-0.1, -0.05) is 0 Å². The number of aromatic nitrogens is 2. The second kappa shape index (κ2) is 6.13. The normalized spacial score (nSPS) is 27.0. The molecule has 0 N–H and O–H groups in total. The first-order valence-electron chi connectivity index (χ1n) is 8.68. The van der Waals surface area contributed by atoms with Crippen LogP contribution in [0.4, 0.5) is 0 Å². The molecule has 1 atom stereocenters. The number of nitrogens with zero attached hydrogens (tertiary/aromatic N) is 4. The molecule has 3 aliphatic heterocycles. The molecule has 0 saturated carbocycles. The number of rotatable bonds is 5. The molecule has 0 spiro atoms. The topological polar surface area (TPSA) is 33.5 Å². The molecule has 0 aliphatic carbocycles. The molecule has 23 heavy (non-hydrogen) atoms. The van der Waals surface area contributed by atoms with Crippen LogP contribution in [0.5, 0.6) is 5.75 Å². The van der Waals surface area contributed by atoms with Gasteiger partial charge in [-0.2, -0.15) is 5.10 Å². The lowest BCUT2D eigenvalue weighted by Crippen LogP contribution is -2.48. The van der Waals surface area contributed by atoms with Crippen molar-refractivity contribution in [1.82, 2.24) is 19.6 Å². The third-order valence-electron chi connectivity index (χ3n) is 5.31. The summed E-state index contributed by atoms with van der Waals surface area (Å²) in [6.45, 7) is 5.33. The summed E-state index contributed by atoms with van der Waals surface area (Å²) >= 11 is 0. The van der Waals surface area contributed by atoms with Crippen LogP contribution >= 0.6 is 0 Å². The maximum Gasteiger partial charge on any atom is 0.120 e. The summed E-state index contributed by atoms with van der Waals surface area (Å²) in [4.78, 5) is 4.71. The van der Waals surface area contributed by atoms with Crippen molar-refractivity contribution >= 4 is 10.9 Å². The monoisotopic (exact) mass is 314 g/mol. The van der Waals surface area contributed by atoms with E-state index in [4.69, 9.17) is 9.84 Å². The molecule has 0 unspecified atom stereocenters. The number of fused-ring (bicyclic) bond motifs is 4. The fourth-order valence-electron chi connectivity index (χ4n) is 3.94. The zero-order chi connectivity index (χ0) is 15.8. The van der Waals surface area contributed by atoms with Gasteiger partial charge < -0.3 is 14.5 Å². The van der Waals surface area contributed by atoms with Gasteiger partial charge in [-0.05, 0) is 64.1 Å². The third kappa shape index (κ3) is 2.95. The first-order valence-corrected chi connectivity index (χ1v) is 8.68. The van der Waals surface area contributed by atoms with Crippen LogP contribution < -0.4 is 4.74 Å². The van der Waals surface area contributed by atoms with Gasteiger partial charge in [-0.3, -0.25) is 4.68 Å². The van der Waals surface area contributed by atoms with Gasteiger partial charge in [0.25, 0.3) is 0 Å². The van der Waals surface area contributed by atoms with E-state index < -0.39 is 0 Å². The lowest BCUT2D eigenvalue weighted by Gasteiger charge is -2.44. The van der Waals surface area contributed by atoms with E-state index in [1.54, 1.807) is 0 Å². The number of likely N-dealkylation sites (N-methyl/N-ethyl adjacent to an activating group) is 1.